The van der Waals surface area contributed by atoms with Crippen molar-refractivity contribution in [2.45, 2.75) is 47.0 Å². The molecule has 1 aliphatic rings. The van der Waals surface area contributed by atoms with E-state index >= 15 is 0 Å². The third-order valence-electron chi connectivity index (χ3n) is 2.28. The van der Waals surface area contributed by atoms with Crippen molar-refractivity contribution >= 4 is 0 Å². The van der Waals surface area contributed by atoms with Crippen LogP contribution in [0.3, 0.4) is 0 Å². The topological polar surface area (TPSA) is 9.23 Å². The smallest absolute Gasteiger partial charge is 0.115 e. The standard InChI is InChI=1S/C11H16O.C3H8/c1-8(2)9(3)11-6-5-7-12-10(11)4;1-3-2/h1,4-7H2,2-3H3;3H2,1-2H3/b11-9-;. The Bertz CT molecular complexity index is 259. The first-order chi connectivity index (χ1) is 7.04. The van der Waals surface area contributed by atoms with Crippen molar-refractivity contribution in [3.8, 4) is 0 Å². The zero-order valence-corrected chi connectivity index (χ0v) is 10.7. The van der Waals surface area contributed by atoms with Gasteiger partial charge < -0.3 is 4.74 Å². The minimum atomic E-state index is 0.811. The van der Waals surface area contributed by atoms with Crippen LogP contribution >= 0.6 is 0 Å². The molecule has 0 atom stereocenters. The fourth-order valence-electron chi connectivity index (χ4n) is 1.33. The molecule has 0 aromatic heterocycles. The monoisotopic (exact) mass is 208 g/mol. The third-order valence-corrected chi connectivity index (χ3v) is 2.28. The Morgan fingerprint density at radius 3 is 2.27 bits per heavy atom. The first-order valence-corrected chi connectivity index (χ1v) is 5.72. The van der Waals surface area contributed by atoms with Crippen molar-refractivity contribution in [3.05, 3.63) is 35.6 Å². The summed E-state index contributed by atoms with van der Waals surface area (Å²) in [6, 6.07) is 0. The van der Waals surface area contributed by atoms with Crippen molar-refractivity contribution in [2.24, 2.45) is 0 Å². The van der Waals surface area contributed by atoms with Crippen molar-refractivity contribution in [3.63, 3.8) is 0 Å². The molecule has 0 aromatic rings. The van der Waals surface area contributed by atoms with Gasteiger partial charge in [0.1, 0.15) is 5.76 Å². The number of rotatable bonds is 1. The Labute approximate surface area is 94.5 Å². The second kappa shape index (κ2) is 7.33. The van der Waals surface area contributed by atoms with Gasteiger partial charge in [0.05, 0.1) is 6.61 Å². The van der Waals surface area contributed by atoms with Gasteiger partial charge in [0.2, 0.25) is 0 Å². The van der Waals surface area contributed by atoms with Crippen LogP contribution in [0.15, 0.2) is 35.6 Å². The fraction of sp³-hybridized carbons (Fsp3) is 0.571. The average molecular weight is 208 g/mol. The largest absolute Gasteiger partial charge is 0.494 e. The van der Waals surface area contributed by atoms with Crippen molar-refractivity contribution in [1.29, 1.82) is 0 Å². The molecule has 1 saturated heterocycles. The zero-order chi connectivity index (χ0) is 11.8. The number of ether oxygens (including phenoxy) is 1. The molecule has 1 rings (SSSR count). The molecule has 1 heterocycles. The van der Waals surface area contributed by atoms with Crippen LogP contribution < -0.4 is 0 Å². The Morgan fingerprint density at radius 1 is 1.33 bits per heavy atom. The maximum absolute atomic E-state index is 5.37. The van der Waals surface area contributed by atoms with Gasteiger partial charge in [0, 0.05) is 0 Å². The van der Waals surface area contributed by atoms with Gasteiger partial charge in [-0.1, -0.05) is 39.0 Å². The minimum absolute atomic E-state index is 0.811. The summed E-state index contributed by atoms with van der Waals surface area (Å²) in [5.74, 6) is 0.835. The second-order valence-corrected chi connectivity index (χ2v) is 3.97. The van der Waals surface area contributed by atoms with Gasteiger partial charge in [0.25, 0.3) is 0 Å². The molecule has 1 heteroatoms. The highest BCUT2D eigenvalue weighted by Gasteiger charge is 2.13. The molecule has 1 fully saturated rings. The number of hydrogen-bond acceptors (Lipinski definition) is 1. The molecule has 0 saturated carbocycles. The molecule has 0 bridgehead atoms. The summed E-state index contributed by atoms with van der Waals surface area (Å²) < 4.78 is 5.37. The lowest BCUT2D eigenvalue weighted by molar-refractivity contribution is 0.194. The fourth-order valence-corrected chi connectivity index (χ4v) is 1.33. The Morgan fingerprint density at radius 2 is 1.87 bits per heavy atom. The van der Waals surface area contributed by atoms with E-state index in [2.05, 4.69) is 33.9 Å². The van der Waals surface area contributed by atoms with Crippen LogP contribution in [-0.4, -0.2) is 6.61 Å². The summed E-state index contributed by atoms with van der Waals surface area (Å²) in [4.78, 5) is 0. The summed E-state index contributed by atoms with van der Waals surface area (Å²) in [6.45, 7) is 16.9. The van der Waals surface area contributed by atoms with E-state index in [9.17, 15) is 0 Å². The quantitative estimate of drug-likeness (QED) is 0.611. The number of allylic oxidation sites excluding steroid dienone is 3. The van der Waals surface area contributed by atoms with E-state index in [1.807, 2.05) is 6.92 Å². The lowest BCUT2D eigenvalue weighted by Gasteiger charge is -2.21. The highest BCUT2D eigenvalue weighted by Crippen LogP contribution is 2.27. The van der Waals surface area contributed by atoms with Crippen LogP contribution in [0.1, 0.15) is 47.0 Å². The minimum Gasteiger partial charge on any atom is -0.494 e. The molecule has 0 radical (unpaired) electrons. The summed E-state index contributed by atoms with van der Waals surface area (Å²) in [6.07, 6.45) is 3.43. The summed E-state index contributed by atoms with van der Waals surface area (Å²) in [5, 5.41) is 0. The van der Waals surface area contributed by atoms with E-state index in [0.717, 1.165) is 30.8 Å². The van der Waals surface area contributed by atoms with Gasteiger partial charge in [-0.05, 0) is 37.8 Å². The molecule has 1 aliphatic heterocycles. The second-order valence-electron chi connectivity index (χ2n) is 3.97. The maximum atomic E-state index is 5.37. The summed E-state index contributed by atoms with van der Waals surface area (Å²) >= 11 is 0. The van der Waals surface area contributed by atoms with Gasteiger partial charge in [-0.15, -0.1) is 0 Å². The maximum Gasteiger partial charge on any atom is 0.115 e. The third kappa shape index (κ3) is 4.87. The molecule has 0 unspecified atom stereocenters. The van der Waals surface area contributed by atoms with E-state index < -0.39 is 0 Å². The first-order valence-electron chi connectivity index (χ1n) is 5.72. The van der Waals surface area contributed by atoms with Crippen molar-refractivity contribution < 1.29 is 4.74 Å². The molecule has 1 nitrogen and oxygen atoms in total. The van der Waals surface area contributed by atoms with Gasteiger partial charge in [-0.25, -0.2) is 0 Å². The molecular weight excluding hydrogens is 184 g/mol. The normalized spacial score (nSPS) is 18.5. The number of hydrogen-bond donors (Lipinski definition) is 0. The van der Waals surface area contributed by atoms with Crippen molar-refractivity contribution in [1.82, 2.24) is 0 Å². The Kier molecular flexibility index (Phi) is 6.85. The molecule has 0 aliphatic carbocycles. The van der Waals surface area contributed by atoms with E-state index in [0.29, 0.717) is 0 Å². The molecule has 0 aromatic carbocycles. The zero-order valence-electron chi connectivity index (χ0n) is 10.7. The van der Waals surface area contributed by atoms with E-state index in [1.165, 1.54) is 17.6 Å². The van der Waals surface area contributed by atoms with Crippen LogP contribution in [0.2, 0.25) is 0 Å². The molecule has 0 amide bonds. The highest BCUT2D eigenvalue weighted by molar-refractivity contribution is 5.39. The van der Waals surface area contributed by atoms with Crippen LogP contribution in [-0.2, 0) is 4.74 Å². The lowest BCUT2D eigenvalue weighted by atomic mass is 9.97. The molecule has 15 heavy (non-hydrogen) atoms. The van der Waals surface area contributed by atoms with Gasteiger partial charge in [0.15, 0.2) is 0 Å². The van der Waals surface area contributed by atoms with Gasteiger partial charge in [-0.3, -0.25) is 0 Å². The van der Waals surface area contributed by atoms with Gasteiger partial charge in [-0.2, -0.15) is 0 Å². The van der Waals surface area contributed by atoms with E-state index in [4.69, 9.17) is 4.74 Å². The molecule has 0 N–H and O–H groups in total. The predicted molar refractivity (Wildman–Crippen MR) is 67.8 cm³/mol. The Balaban J connectivity index is 0.000000583. The first kappa shape index (κ1) is 14.0. The van der Waals surface area contributed by atoms with Gasteiger partial charge >= 0.3 is 0 Å². The van der Waals surface area contributed by atoms with Crippen LogP contribution in [0.4, 0.5) is 0 Å². The van der Waals surface area contributed by atoms with E-state index in [1.54, 1.807) is 0 Å². The molecular formula is C14H24O. The predicted octanol–water partition coefficient (Wildman–Crippen LogP) is 4.62. The van der Waals surface area contributed by atoms with Crippen LogP contribution in [0, 0.1) is 0 Å². The average Bonchev–Trinajstić information content (AvgIpc) is 2.18. The SMILES string of the molecule is C=C(C)/C(C)=C1/CCCOC1=C.CCC. The van der Waals surface area contributed by atoms with E-state index in [-0.39, 0.29) is 0 Å². The van der Waals surface area contributed by atoms with Crippen molar-refractivity contribution in [2.75, 3.05) is 6.61 Å². The van der Waals surface area contributed by atoms with Crippen LogP contribution in [0.5, 0.6) is 0 Å². The summed E-state index contributed by atoms with van der Waals surface area (Å²) in [7, 11) is 0. The highest BCUT2D eigenvalue weighted by atomic mass is 16.5. The van der Waals surface area contributed by atoms with Crippen LogP contribution in [0.25, 0.3) is 0 Å². The summed E-state index contributed by atoms with van der Waals surface area (Å²) in [5.41, 5.74) is 3.59. The molecule has 86 valence electrons. The molecule has 0 spiro atoms. The lowest BCUT2D eigenvalue weighted by Crippen LogP contribution is -2.07. The Hall–Kier alpha value is -0.980.